The largest absolute Gasteiger partial charge is 0.450 e. The van der Waals surface area contributed by atoms with Crippen molar-refractivity contribution in [2.24, 2.45) is 5.92 Å². The highest BCUT2D eigenvalue weighted by molar-refractivity contribution is 6.33. The van der Waals surface area contributed by atoms with E-state index in [-0.39, 0.29) is 13.0 Å². The summed E-state index contributed by atoms with van der Waals surface area (Å²) in [5, 5.41) is 6.61. The van der Waals surface area contributed by atoms with Crippen LogP contribution in [0, 0.1) is 5.92 Å². The Balaban J connectivity index is 2.14. The molecule has 1 heterocycles. The van der Waals surface area contributed by atoms with Crippen LogP contribution in [0.25, 0.3) is 0 Å². The Morgan fingerprint density at radius 1 is 1.46 bits per heavy atom. The van der Waals surface area contributed by atoms with Crippen LogP contribution in [0.3, 0.4) is 0 Å². The van der Waals surface area contributed by atoms with Gasteiger partial charge in [0, 0.05) is 31.3 Å². The van der Waals surface area contributed by atoms with E-state index in [1.165, 1.54) is 0 Å². The van der Waals surface area contributed by atoms with Crippen molar-refractivity contribution < 1.29 is 22.7 Å². The van der Waals surface area contributed by atoms with Gasteiger partial charge in [0.25, 0.3) is 0 Å². The molecule has 1 aromatic rings. The van der Waals surface area contributed by atoms with Crippen LogP contribution in [0.1, 0.15) is 18.9 Å². The maximum absolute atomic E-state index is 12.7. The van der Waals surface area contributed by atoms with Gasteiger partial charge in [-0.25, -0.2) is 0 Å². The summed E-state index contributed by atoms with van der Waals surface area (Å²) in [4.78, 5) is 11.5. The second-order valence-electron chi connectivity index (χ2n) is 5.55. The van der Waals surface area contributed by atoms with Crippen molar-refractivity contribution in [3.05, 3.63) is 22.7 Å². The fraction of sp³-hybridized carbons (Fsp3) is 0.562. The SMILES string of the molecule is CCOCCNc1c(Cl)ccc2c1CCC(C(=O)C(F)(F)F)CN2. The van der Waals surface area contributed by atoms with E-state index in [0.29, 0.717) is 42.6 Å². The first kappa shape index (κ1) is 18.9. The zero-order chi connectivity index (χ0) is 17.7. The molecular weight excluding hydrogens is 345 g/mol. The maximum Gasteiger partial charge on any atom is 0.450 e. The lowest BCUT2D eigenvalue weighted by molar-refractivity contribution is -0.175. The fourth-order valence-electron chi connectivity index (χ4n) is 2.74. The predicted octanol–water partition coefficient (Wildman–Crippen LogP) is 3.89. The second kappa shape index (κ2) is 8.07. The van der Waals surface area contributed by atoms with Crippen molar-refractivity contribution in [3.8, 4) is 0 Å². The molecule has 0 fully saturated rings. The summed E-state index contributed by atoms with van der Waals surface area (Å²) < 4.78 is 43.2. The third-order valence-electron chi connectivity index (χ3n) is 3.95. The van der Waals surface area contributed by atoms with E-state index in [2.05, 4.69) is 10.6 Å². The van der Waals surface area contributed by atoms with E-state index in [9.17, 15) is 18.0 Å². The standard InChI is InChI=1S/C16H20ClF3N2O2/c1-2-24-8-7-21-14-11-4-3-10(15(23)16(18,19)20)9-22-13(11)6-5-12(14)17/h5-6,10,21-22H,2-4,7-9H2,1H3. The van der Waals surface area contributed by atoms with Crippen LogP contribution in [0.2, 0.25) is 5.02 Å². The lowest BCUT2D eigenvalue weighted by atomic mass is 9.96. The number of halogens is 4. The van der Waals surface area contributed by atoms with E-state index < -0.39 is 17.9 Å². The molecule has 0 bridgehead atoms. The minimum absolute atomic E-state index is 0.0363. The Morgan fingerprint density at radius 2 is 2.21 bits per heavy atom. The van der Waals surface area contributed by atoms with Gasteiger partial charge in [0.05, 0.1) is 17.3 Å². The molecule has 24 heavy (non-hydrogen) atoms. The zero-order valence-electron chi connectivity index (χ0n) is 13.3. The van der Waals surface area contributed by atoms with Crippen molar-refractivity contribution >= 4 is 28.8 Å². The molecule has 1 unspecified atom stereocenters. The molecule has 1 aliphatic rings. The van der Waals surface area contributed by atoms with Gasteiger partial charge in [-0.1, -0.05) is 11.6 Å². The van der Waals surface area contributed by atoms with Gasteiger partial charge in [0.15, 0.2) is 0 Å². The Labute approximate surface area is 143 Å². The first-order chi connectivity index (χ1) is 11.3. The molecular formula is C16H20ClF3N2O2. The maximum atomic E-state index is 12.7. The molecule has 1 atom stereocenters. The summed E-state index contributed by atoms with van der Waals surface area (Å²) in [6.45, 7) is 3.49. The highest BCUT2D eigenvalue weighted by Crippen LogP contribution is 2.36. The number of hydrogen-bond donors (Lipinski definition) is 2. The molecule has 134 valence electrons. The van der Waals surface area contributed by atoms with Crippen molar-refractivity contribution in [1.82, 2.24) is 0 Å². The van der Waals surface area contributed by atoms with Gasteiger partial charge in [-0.3, -0.25) is 4.79 Å². The molecule has 0 aromatic heterocycles. The summed E-state index contributed by atoms with van der Waals surface area (Å²) in [5.41, 5.74) is 2.19. The molecule has 0 saturated carbocycles. The predicted molar refractivity (Wildman–Crippen MR) is 87.8 cm³/mol. The molecule has 1 aromatic carbocycles. The number of ketones is 1. The van der Waals surface area contributed by atoms with Crippen LogP contribution < -0.4 is 10.6 Å². The van der Waals surface area contributed by atoms with Gasteiger partial charge >= 0.3 is 6.18 Å². The van der Waals surface area contributed by atoms with Gasteiger partial charge in [-0.05, 0) is 37.5 Å². The van der Waals surface area contributed by atoms with Crippen LogP contribution in [0.15, 0.2) is 12.1 Å². The fourth-order valence-corrected chi connectivity index (χ4v) is 2.98. The number of rotatable bonds is 6. The third-order valence-corrected chi connectivity index (χ3v) is 4.26. The molecule has 0 amide bonds. The van der Waals surface area contributed by atoms with Crippen LogP contribution in [0.4, 0.5) is 24.5 Å². The number of Topliss-reactive ketones (excluding diaryl/α,β-unsaturated/α-hetero) is 1. The number of hydrogen-bond acceptors (Lipinski definition) is 4. The molecule has 1 aliphatic heterocycles. The Hall–Kier alpha value is -1.47. The van der Waals surface area contributed by atoms with E-state index in [0.717, 1.165) is 5.56 Å². The van der Waals surface area contributed by atoms with Gasteiger partial charge in [-0.15, -0.1) is 0 Å². The molecule has 2 rings (SSSR count). The molecule has 0 saturated heterocycles. The first-order valence-electron chi connectivity index (χ1n) is 7.82. The van der Waals surface area contributed by atoms with Crippen LogP contribution in [-0.4, -0.2) is 38.3 Å². The quantitative estimate of drug-likeness (QED) is 0.752. The molecule has 0 spiro atoms. The average Bonchev–Trinajstić information content (AvgIpc) is 2.74. The summed E-state index contributed by atoms with van der Waals surface area (Å²) >= 11 is 6.22. The highest BCUT2D eigenvalue weighted by Gasteiger charge is 2.43. The summed E-state index contributed by atoms with van der Waals surface area (Å²) in [6.07, 6.45) is -4.34. The van der Waals surface area contributed by atoms with Crippen molar-refractivity contribution in [2.45, 2.75) is 25.9 Å². The third kappa shape index (κ3) is 4.54. The lowest BCUT2D eigenvalue weighted by Crippen LogP contribution is -2.34. The number of benzene rings is 1. The lowest BCUT2D eigenvalue weighted by Gasteiger charge is -2.16. The summed E-state index contributed by atoms with van der Waals surface area (Å²) in [7, 11) is 0. The average molecular weight is 365 g/mol. The van der Waals surface area contributed by atoms with E-state index in [1.807, 2.05) is 6.92 Å². The Morgan fingerprint density at radius 3 is 2.88 bits per heavy atom. The molecule has 0 radical (unpaired) electrons. The topological polar surface area (TPSA) is 50.4 Å². The summed E-state index contributed by atoms with van der Waals surface area (Å²) in [6, 6.07) is 3.41. The zero-order valence-corrected chi connectivity index (χ0v) is 14.1. The van der Waals surface area contributed by atoms with Crippen molar-refractivity contribution in [3.63, 3.8) is 0 Å². The highest BCUT2D eigenvalue weighted by atomic mass is 35.5. The molecule has 0 aliphatic carbocycles. The number of anilines is 2. The van der Waals surface area contributed by atoms with E-state index >= 15 is 0 Å². The second-order valence-corrected chi connectivity index (χ2v) is 5.96. The smallest absolute Gasteiger partial charge is 0.384 e. The van der Waals surface area contributed by atoms with Gasteiger partial charge < -0.3 is 15.4 Å². The summed E-state index contributed by atoms with van der Waals surface area (Å²) in [5.74, 6) is -2.77. The van der Waals surface area contributed by atoms with Gasteiger partial charge in [0.1, 0.15) is 0 Å². The number of nitrogens with one attached hydrogen (secondary N) is 2. The van der Waals surface area contributed by atoms with Crippen molar-refractivity contribution in [2.75, 3.05) is 36.9 Å². The normalized spacial score (nSPS) is 17.6. The van der Waals surface area contributed by atoms with Gasteiger partial charge in [-0.2, -0.15) is 13.2 Å². The van der Waals surface area contributed by atoms with Crippen LogP contribution >= 0.6 is 11.6 Å². The minimum atomic E-state index is -4.81. The monoisotopic (exact) mass is 364 g/mol. The first-order valence-corrected chi connectivity index (χ1v) is 8.20. The van der Waals surface area contributed by atoms with Crippen LogP contribution in [0.5, 0.6) is 0 Å². The van der Waals surface area contributed by atoms with Gasteiger partial charge in [0.2, 0.25) is 5.78 Å². The Kier molecular flexibility index (Phi) is 6.34. The Bertz CT molecular complexity index is 593. The van der Waals surface area contributed by atoms with Crippen LogP contribution in [-0.2, 0) is 16.0 Å². The molecule has 2 N–H and O–H groups in total. The molecule has 4 nitrogen and oxygen atoms in total. The molecule has 8 heteroatoms. The number of fused-ring (bicyclic) bond motifs is 1. The minimum Gasteiger partial charge on any atom is -0.384 e. The van der Waals surface area contributed by atoms with E-state index in [1.54, 1.807) is 12.1 Å². The van der Waals surface area contributed by atoms with Crippen molar-refractivity contribution in [1.29, 1.82) is 0 Å². The van der Waals surface area contributed by atoms with E-state index in [4.69, 9.17) is 16.3 Å². The number of carbonyl (C=O) groups excluding carboxylic acids is 1. The number of ether oxygens (including phenoxy) is 1. The number of alkyl halides is 3. The number of carbonyl (C=O) groups is 1.